The second-order valence-electron chi connectivity index (χ2n) is 12.9. The number of rotatable bonds is 14. The van der Waals surface area contributed by atoms with Crippen LogP contribution in [-0.4, -0.2) is 66.0 Å². The highest BCUT2D eigenvalue weighted by atomic mass is 31.2. The first-order chi connectivity index (χ1) is 20.6. The van der Waals surface area contributed by atoms with Gasteiger partial charge in [0.15, 0.2) is 8.32 Å². The molecule has 1 amide bonds. The molecule has 13 heteroatoms. The van der Waals surface area contributed by atoms with Crippen molar-refractivity contribution >= 4 is 28.6 Å². The Kier molecular flexibility index (Phi) is 12.8. The minimum atomic E-state index is -2.12. The first-order valence-corrected chi connectivity index (χ1v) is 19.2. The van der Waals surface area contributed by atoms with Gasteiger partial charge >= 0.3 is 5.69 Å². The van der Waals surface area contributed by atoms with Gasteiger partial charge in [0.25, 0.3) is 14.4 Å². The Morgan fingerprint density at radius 1 is 1.20 bits per heavy atom. The lowest BCUT2D eigenvalue weighted by atomic mass is 10.2. The summed E-state index contributed by atoms with van der Waals surface area (Å²) in [6.45, 7) is 19.8. The maximum Gasteiger partial charge on any atom is 0.351 e. The molecule has 1 fully saturated rings. The van der Waals surface area contributed by atoms with Crippen molar-refractivity contribution in [2.45, 2.75) is 110 Å². The van der Waals surface area contributed by atoms with Crippen LogP contribution in [0.2, 0.25) is 18.1 Å². The summed E-state index contributed by atoms with van der Waals surface area (Å²) in [5, 5.41) is 11.8. The molecule has 11 nitrogen and oxygen atoms in total. The predicted molar refractivity (Wildman–Crippen MR) is 175 cm³/mol. The molecule has 0 radical (unpaired) electrons. The van der Waals surface area contributed by atoms with E-state index in [1.165, 1.54) is 4.57 Å². The van der Waals surface area contributed by atoms with Gasteiger partial charge in [-0.3, -0.25) is 9.36 Å². The van der Waals surface area contributed by atoms with Crippen LogP contribution in [0.4, 0.5) is 5.82 Å². The van der Waals surface area contributed by atoms with Crippen LogP contribution in [0.5, 0.6) is 0 Å². The lowest BCUT2D eigenvalue weighted by Gasteiger charge is -2.39. The van der Waals surface area contributed by atoms with E-state index in [-0.39, 0.29) is 41.9 Å². The van der Waals surface area contributed by atoms with Crippen LogP contribution in [0.25, 0.3) is 0 Å². The number of carbonyl (C=O) groups excluding carboxylic acids is 1. The second-order valence-corrected chi connectivity index (χ2v) is 19.2. The largest absolute Gasteiger partial charge is 0.414 e. The molecule has 1 aliphatic heterocycles. The third-order valence-electron chi connectivity index (χ3n) is 7.90. The standard InChI is InChI=1S/C31H48N5O6PSi/c1-22(2)36(23(3)4)43(39-19-13-17-32)42-25-20-28(41-26(25)21-40-44(8,9)31(5,6)7)35-18-16-27(34-30(35)38)33-29(37)24-14-11-10-12-15-24/h10-12,14-16,18,22-23,25-26,28H,13,19-21H2,1-9H3,(H,33,34,37,38)/t25-,26-,28-,43?/m1/s1. The molecule has 1 saturated heterocycles. The van der Waals surface area contributed by atoms with E-state index in [1.54, 1.807) is 36.5 Å². The zero-order valence-electron chi connectivity index (χ0n) is 27.4. The third-order valence-corrected chi connectivity index (χ3v) is 14.6. The summed E-state index contributed by atoms with van der Waals surface area (Å²) in [6, 6.07) is 12.7. The quantitative estimate of drug-likeness (QED) is 0.140. The highest BCUT2D eigenvalue weighted by molar-refractivity contribution is 7.44. The Morgan fingerprint density at radius 3 is 2.43 bits per heavy atom. The SMILES string of the molecule is CC(C)N(C(C)C)P(OCCC#N)O[C@@H]1C[C@H](n2ccc(NC(=O)c3ccccc3)nc2=O)O[C@@H]1CO[Si](C)(C)C(C)(C)C. The Morgan fingerprint density at radius 2 is 1.86 bits per heavy atom. The Hall–Kier alpha value is -2.49. The molecule has 242 valence electrons. The van der Waals surface area contributed by atoms with Gasteiger partial charge in [-0.1, -0.05) is 39.0 Å². The van der Waals surface area contributed by atoms with Crippen molar-refractivity contribution in [3.8, 4) is 6.07 Å². The molecule has 1 aromatic carbocycles. The van der Waals surface area contributed by atoms with Crippen molar-refractivity contribution in [1.29, 1.82) is 5.26 Å². The molecule has 4 atom stereocenters. The molecule has 2 heterocycles. The molecule has 1 aromatic heterocycles. The molecule has 1 N–H and O–H groups in total. The van der Waals surface area contributed by atoms with Crippen molar-refractivity contribution < 1.29 is 23.0 Å². The zero-order valence-corrected chi connectivity index (χ0v) is 29.3. The molecule has 3 rings (SSSR count). The van der Waals surface area contributed by atoms with E-state index in [1.807, 2.05) is 6.07 Å². The number of anilines is 1. The van der Waals surface area contributed by atoms with Crippen LogP contribution < -0.4 is 11.0 Å². The molecule has 0 spiro atoms. The summed E-state index contributed by atoms with van der Waals surface area (Å²) in [7, 11) is -3.66. The maximum atomic E-state index is 13.2. The first kappa shape index (κ1) is 36.0. The topological polar surface area (TPSA) is 128 Å². The van der Waals surface area contributed by atoms with Gasteiger partial charge < -0.3 is 23.5 Å². The summed E-state index contributed by atoms with van der Waals surface area (Å²) < 4.78 is 29.5. The van der Waals surface area contributed by atoms with E-state index < -0.39 is 41.0 Å². The summed E-state index contributed by atoms with van der Waals surface area (Å²) in [5.74, 6) is -0.198. The monoisotopic (exact) mass is 645 g/mol. The van der Waals surface area contributed by atoms with E-state index in [9.17, 15) is 9.59 Å². The van der Waals surface area contributed by atoms with Crippen LogP contribution in [0.3, 0.4) is 0 Å². The second kappa shape index (κ2) is 15.7. The normalized spacial score (nSPS) is 19.8. The number of nitriles is 1. The number of aromatic nitrogens is 2. The molecular formula is C31H48N5O6PSi. The van der Waals surface area contributed by atoms with Crippen molar-refractivity contribution in [1.82, 2.24) is 14.2 Å². The highest BCUT2D eigenvalue weighted by Gasteiger charge is 2.44. The van der Waals surface area contributed by atoms with Crippen molar-refractivity contribution in [3.63, 3.8) is 0 Å². The van der Waals surface area contributed by atoms with Gasteiger partial charge in [0, 0.05) is 30.3 Å². The first-order valence-electron chi connectivity index (χ1n) is 15.1. The number of amides is 1. The molecular weight excluding hydrogens is 597 g/mol. The number of carbonyl (C=O) groups is 1. The number of ether oxygens (including phenoxy) is 1. The average molecular weight is 646 g/mol. The Labute approximate surface area is 264 Å². The van der Waals surface area contributed by atoms with E-state index in [0.717, 1.165) is 0 Å². The van der Waals surface area contributed by atoms with Crippen molar-refractivity contribution in [3.05, 3.63) is 58.6 Å². The maximum absolute atomic E-state index is 13.2. The van der Waals surface area contributed by atoms with Gasteiger partial charge in [-0.05, 0) is 64.0 Å². The number of nitrogens with one attached hydrogen (secondary N) is 1. The van der Waals surface area contributed by atoms with Crippen molar-refractivity contribution in [2.24, 2.45) is 0 Å². The van der Waals surface area contributed by atoms with Gasteiger partial charge in [0.1, 0.15) is 18.1 Å². The van der Waals surface area contributed by atoms with Gasteiger partial charge in [-0.25, -0.2) is 9.46 Å². The summed E-state index contributed by atoms with van der Waals surface area (Å²) in [4.78, 5) is 29.9. The number of benzene rings is 1. The summed E-state index contributed by atoms with van der Waals surface area (Å²) >= 11 is 0. The minimum absolute atomic E-state index is 0.00133. The van der Waals surface area contributed by atoms with Gasteiger partial charge in [-0.15, -0.1) is 0 Å². The van der Waals surface area contributed by atoms with Crippen LogP contribution in [0.1, 0.15) is 77.9 Å². The summed E-state index contributed by atoms with van der Waals surface area (Å²) in [5.41, 5.74) is -0.0865. The molecule has 0 bridgehead atoms. The molecule has 2 aromatic rings. The van der Waals surface area contributed by atoms with Gasteiger partial charge in [-0.2, -0.15) is 10.2 Å². The minimum Gasteiger partial charge on any atom is -0.414 e. The van der Waals surface area contributed by atoms with Gasteiger partial charge in [0.05, 0.1) is 31.8 Å². The summed E-state index contributed by atoms with van der Waals surface area (Å²) in [6.07, 6.45) is 0.631. The average Bonchev–Trinajstić information content (AvgIpc) is 3.33. The molecule has 0 aliphatic carbocycles. The molecule has 44 heavy (non-hydrogen) atoms. The molecule has 1 aliphatic rings. The number of hydrogen-bond acceptors (Lipinski definition) is 9. The highest BCUT2D eigenvalue weighted by Crippen LogP contribution is 2.50. The van der Waals surface area contributed by atoms with Crippen molar-refractivity contribution in [2.75, 3.05) is 18.5 Å². The van der Waals surface area contributed by atoms with E-state index in [2.05, 4.69) is 82.6 Å². The number of hydrogen-bond donors (Lipinski definition) is 1. The van der Waals surface area contributed by atoms with E-state index in [4.69, 9.17) is 23.5 Å². The van der Waals surface area contributed by atoms with Crippen LogP contribution in [0.15, 0.2) is 47.4 Å². The fourth-order valence-corrected chi connectivity index (χ4v) is 7.30. The Bertz CT molecular complexity index is 1320. The molecule has 0 saturated carbocycles. The van der Waals surface area contributed by atoms with Gasteiger partial charge in [0.2, 0.25) is 0 Å². The van der Waals surface area contributed by atoms with Crippen LogP contribution in [0, 0.1) is 11.3 Å². The fraction of sp³-hybridized carbons (Fsp3) is 0.613. The van der Waals surface area contributed by atoms with E-state index >= 15 is 0 Å². The Balaban J connectivity index is 1.86. The molecule has 1 unspecified atom stereocenters. The van der Waals surface area contributed by atoms with E-state index in [0.29, 0.717) is 18.6 Å². The lowest BCUT2D eigenvalue weighted by molar-refractivity contribution is -0.0412. The smallest absolute Gasteiger partial charge is 0.351 e. The zero-order chi connectivity index (χ0) is 32.7. The predicted octanol–water partition coefficient (Wildman–Crippen LogP) is 6.47. The fourth-order valence-electron chi connectivity index (χ4n) is 4.53. The van der Waals surface area contributed by atoms with Crippen LogP contribution in [-0.2, 0) is 18.2 Å². The van der Waals surface area contributed by atoms with Crippen LogP contribution >= 0.6 is 8.53 Å². The third kappa shape index (κ3) is 9.50. The lowest BCUT2D eigenvalue weighted by Crippen LogP contribution is -2.44. The number of nitrogens with zero attached hydrogens (tertiary/aromatic N) is 4.